The number of hydrogen-bond donors (Lipinski definition) is 2. The van der Waals surface area contributed by atoms with Crippen molar-refractivity contribution in [3.05, 3.63) is 57.6 Å². The van der Waals surface area contributed by atoms with Crippen LogP contribution in [0.2, 0.25) is 0 Å². The van der Waals surface area contributed by atoms with E-state index in [1.54, 1.807) is 6.07 Å². The molecular formula is C23H29N5O4S. The van der Waals surface area contributed by atoms with E-state index in [1.165, 1.54) is 12.1 Å². The highest BCUT2D eigenvalue weighted by atomic mass is 32.1. The molecule has 2 aromatic rings. The van der Waals surface area contributed by atoms with Gasteiger partial charge in [-0.2, -0.15) is 0 Å². The fourth-order valence-corrected chi connectivity index (χ4v) is 4.00. The molecule has 0 unspecified atom stereocenters. The smallest absolute Gasteiger partial charge is 0.270 e. The van der Waals surface area contributed by atoms with Crippen molar-refractivity contribution < 1.29 is 14.5 Å². The van der Waals surface area contributed by atoms with E-state index in [0.717, 1.165) is 30.0 Å². The van der Waals surface area contributed by atoms with Gasteiger partial charge in [0.1, 0.15) is 0 Å². The van der Waals surface area contributed by atoms with Crippen LogP contribution in [-0.2, 0) is 4.74 Å². The van der Waals surface area contributed by atoms with Crippen molar-refractivity contribution in [1.82, 2.24) is 5.32 Å². The molecule has 1 aliphatic heterocycles. The molecule has 9 nitrogen and oxygen atoms in total. The molecule has 33 heavy (non-hydrogen) atoms. The Balaban J connectivity index is 1.77. The number of non-ortho nitro benzene ring substituents is 1. The number of nitrogens with one attached hydrogen (secondary N) is 2. The minimum Gasteiger partial charge on any atom is -0.378 e. The first-order chi connectivity index (χ1) is 15.8. The SMILES string of the molecule is CCN(CC)c1ccc(NC(=S)NC(=O)c2cc([N+](=O)[O-])ccc2N2CCOCC2)c(C)c1. The number of thiocarbonyl (C=S) groups is 1. The number of carbonyl (C=O) groups excluding carboxylic acids is 1. The summed E-state index contributed by atoms with van der Waals surface area (Å²) in [5, 5.41) is 17.1. The summed E-state index contributed by atoms with van der Waals surface area (Å²) in [5.41, 5.74) is 3.54. The second-order valence-electron chi connectivity index (χ2n) is 7.64. The molecule has 0 aliphatic carbocycles. The average molecular weight is 472 g/mol. The molecule has 1 heterocycles. The van der Waals surface area contributed by atoms with Gasteiger partial charge < -0.3 is 19.9 Å². The lowest BCUT2D eigenvalue weighted by atomic mass is 10.1. The number of rotatable bonds is 7. The summed E-state index contributed by atoms with van der Waals surface area (Å²) >= 11 is 5.37. The van der Waals surface area contributed by atoms with Gasteiger partial charge in [0.25, 0.3) is 11.6 Å². The summed E-state index contributed by atoms with van der Waals surface area (Å²) in [6.07, 6.45) is 0. The highest BCUT2D eigenvalue weighted by Gasteiger charge is 2.22. The first kappa shape index (κ1) is 24.4. The van der Waals surface area contributed by atoms with Crippen LogP contribution in [0.5, 0.6) is 0 Å². The Labute approximate surface area is 198 Å². The molecule has 0 radical (unpaired) electrons. The van der Waals surface area contributed by atoms with Crippen LogP contribution in [0.1, 0.15) is 29.8 Å². The summed E-state index contributed by atoms with van der Waals surface area (Å²) in [7, 11) is 0. The van der Waals surface area contributed by atoms with Crippen LogP contribution >= 0.6 is 12.2 Å². The molecule has 0 atom stereocenters. The first-order valence-corrected chi connectivity index (χ1v) is 11.3. The predicted molar refractivity (Wildman–Crippen MR) is 135 cm³/mol. The molecule has 1 aliphatic rings. The summed E-state index contributed by atoms with van der Waals surface area (Å²) in [4.78, 5) is 28.1. The molecule has 0 saturated carbocycles. The van der Waals surface area contributed by atoms with E-state index in [-0.39, 0.29) is 16.4 Å². The number of amides is 1. The van der Waals surface area contributed by atoms with Gasteiger partial charge in [0.2, 0.25) is 0 Å². The molecule has 0 aromatic heterocycles. The predicted octanol–water partition coefficient (Wildman–Crippen LogP) is 3.71. The largest absolute Gasteiger partial charge is 0.378 e. The number of hydrogen-bond acceptors (Lipinski definition) is 7. The highest BCUT2D eigenvalue weighted by Crippen LogP contribution is 2.27. The second kappa shape index (κ2) is 11.1. The number of anilines is 3. The van der Waals surface area contributed by atoms with Crippen molar-refractivity contribution in [3.8, 4) is 0 Å². The standard InChI is InChI=1S/C23H29N5O4S/c1-4-26(5-2)17-6-8-20(16(3)14-17)24-23(33)25-22(29)19-15-18(28(30)31)7-9-21(19)27-10-12-32-13-11-27/h6-9,14-15H,4-5,10-13H2,1-3H3,(H2,24,25,29,33). The fourth-order valence-electron chi connectivity index (χ4n) is 3.80. The third kappa shape index (κ3) is 5.96. The summed E-state index contributed by atoms with van der Waals surface area (Å²) in [6.45, 7) is 10.2. The number of morpholine rings is 1. The zero-order chi connectivity index (χ0) is 24.0. The van der Waals surface area contributed by atoms with E-state index in [0.29, 0.717) is 32.0 Å². The van der Waals surface area contributed by atoms with Gasteiger partial charge in [-0.1, -0.05) is 0 Å². The molecule has 3 rings (SSSR count). The third-order valence-electron chi connectivity index (χ3n) is 5.60. The van der Waals surface area contributed by atoms with Crippen LogP contribution in [0.4, 0.5) is 22.7 Å². The number of carbonyl (C=O) groups is 1. The number of benzene rings is 2. The van der Waals surface area contributed by atoms with E-state index < -0.39 is 10.8 Å². The van der Waals surface area contributed by atoms with Crippen molar-refractivity contribution in [2.24, 2.45) is 0 Å². The molecule has 1 saturated heterocycles. The monoisotopic (exact) mass is 471 g/mol. The van der Waals surface area contributed by atoms with Crippen molar-refractivity contribution in [3.63, 3.8) is 0 Å². The number of nitrogens with zero attached hydrogens (tertiary/aromatic N) is 3. The van der Waals surface area contributed by atoms with Gasteiger partial charge in [-0.3, -0.25) is 20.2 Å². The summed E-state index contributed by atoms with van der Waals surface area (Å²) < 4.78 is 5.38. The third-order valence-corrected chi connectivity index (χ3v) is 5.81. The maximum absolute atomic E-state index is 13.1. The van der Waals surface area contributed by atoms with Crippen LogP contribution < -0.4 is 20.4 Å². The normalized spacial score (nSPS) is 13.4. The van der Waals surface area contributed by atoms with E-state index in [2.05, 4.69) is 35.4 Å². The quantitative estimate of drug-likeness (QED) is 0.358. The molecular weight excluding hydrogens is 442 g/mol. The Morgan fingerprint density at radius 1 is 1.18 bits per heavy atom. The maximum atomic E-state index is 13.1. The van der Waals surface area contributed by atoms with E-state index >= 15 is 0 Å². The molecule has 176 valence electrons. The van der Waals surface area contributed by atoms with Gasteiger partial charge in [0, 0.05) is 49.7 Å². The van der Waals surface area contributed by atoms with Crippen molar-refractivity contribution in [2.75, 3.05) is 54.5 Å². The molecule has 0 spiro atoms. The average Bonchev–Trinajstić information content (AvgIpc) is 2.81. The summed E-state index contributed by atoms with van der Waals surface area (Å²) in [5.74, 6) is -0.505. The fraction of sp³-hybridized carbons (Fsp3) is 0.391. The van der Waals surface area contributed by atoms with E-state index in [1.807, 2.05) is 24.0 Å². The Hall–Kier alpha value is -3.24. The van der Waals surface area contributed by atoms with Crippen LogP contribution in [0.15, 0.2) is 36.4 Å². The molecule has 10 heteroatoms. The van der Waals surface area contributed by atoms with E-state index in [4.69, 9.17) is 17.0 Å². The van der Waals surface area contributed by atoms with Crippen LogP contribution in [-0.4, -0.2) is 55.3 Å². The van der Waals surface area contributed by atoms with Gasteiger partial charge in [-0.25, -0.2) is 0 Å². The molecule has 1 amide bonds. The minimum absolute atomic E-state index is 0.123. The number of nitro groups is 1. The zero-order valence-corrected chi connectivity index (χ0v) is 19.9. The molecule has 2 aromatic carbocycles. The first-order valence-electron chi connectivity index (χ1n) is 10.9. The maximum Gasteiger partial charge on any atom is 0.270 e. The number of nitro benzene ring substituents is 1. The number of ether oxygens (including phenoxy) is 1. The van der Waals surface area contributed by atoms with E-state index in [9.17, 15) is 14.9 Å². The second-order valence-corrected chi connectivity index (χ2v) is 8.05. The molecule has 0 bridgehead atoms. The number of aryl methyl sites for hydroxylation is 1. The Kier molecular flexibility index (Phi) is 8.18. The van der Waals surface area contributed by atoms with Crippen molar-refractivity contribution >= 4 is 46.0 Å². The van der Waals surface area contributed by atoms with Crippen LogP contribution in [0.25, 0.3) is 0 Å². The molecule has 2 N–H and O–H groups in total. The zero-order valence-electron chi connectivity index (χ0n) is 19.1. The lowest BCUT2D eigenvalue weighted by Crippen LogP contribution is -2.39. The van der Waals surface area contributed by atoms with Crippen molar-refractivity contribution in [1.29, 1.82) is 0 Å². The minimum atomic E-state index is -0.517. The Morgan fingerprint density at radius 3 is 2.48 bits per heavy atom. The van der Waals surface area contributed by atoms with Crippen LogP contribution in [0, 0.1) is 17.0 Å². The Morgan fingerprint density at radius 2 is 1.88 bits per heavy atom. The lowest BCUT2D eigenvalue weighted by molar-refractivity contribution is -0.384. The van der Waals surface area contributed by atoms with Crippen molar-refractivity contribution in [2.45, 2.75) is 20.8 Å². The lowest BCUT2D eigenvalue weighted by Gasteiger charge is -2.30. The van der Waals surface area contributed by atoms with Crippen LogP contribution in [0.3, 0.4) is 0 Å². The Bertz CT molecular complexity index is 1040. The topological polar surface area (TPSA) is 100.0 Å². The van der Waals surface area contributed by atoms with Gasteiger partial charge in [-0.15, -0.1) is 0 Å². The highest BCUT2D eigenvalue weighted by molar-refractivity contribution is 7.80. The molecule has 1 fully saturated rings. The van der Waals surface area contributed by atoms with Gasteiger partial charge in [0.05, 0.1) is 29.4 Å². The summed E-state index contributed by atoms with van der Waals surface area (Å²) in [6, 6.07) is 10.3. The van der Waals surface area contributed by atoms with Gasteiger partial charge in [0.15, 0.2) is 5.11 Å². The van der Waals surface area contributed by atoms with Gasteiger partial charge in [-0.05, 0) is 62.8 Å². The van der Waals surface area contributed by atoms with Gasteiger partial charge >= 0.3 is 0 Å².